The van der Waals surface area contributed by atoms with Crippen LogP contribution in [-0.4, -0.2) is 28.2 Å². The molecule has 0 saturated carbocycles. The van der Waals surface area contributed by atoms with Crippen molar-refractivity contribution in [2.75, 3.05) is 6.79 Å². The molecule has 156 valence electrons. The number of fused-ring (bicyclic) bond motifs is 2. The molecule has 4 aromatic rings. The van der Waals surface area contributed by atoms with E-state index in [1.165, 1.54) is 39.6 Å². The maximum Gasteiger partial charge on any atom is 0.269 e. The van der Waals surface area contributed by atoms with Gasteiger partial charge >= 0.3 is 0 Å². The standard InChI is InChI=1S/C20H14N4O5S2/c25-16(22-23-18(26)11-3-4-13-14(6-11)29-10-28-13)7-24-9-21-19-17(20(24)27)12(8-31-19)15-2-1-5-30-15/h1-6,8-9H,7,10H2,(H,22,25)(H,23,26). The highest BCUT2D eigenvalue weighted by Gasteiger charge is 2.18. The molecule has 0 radical (unpaired) electrons. The molecule has 31 heavy (non-hydrogen) atoms. The van der Waals surface area contributed by atoms with Crippen LogP contribution in [0.25, 0.3) is 20.7 Å². The third-order valence-electron chi connectivity index (χ3n) is 4.61. The van der Waals surface area contributed by atoms with Gasteiger partial charge in [-0.15, -0.1) is 22.7 Å². The van der Waals surface area contributed by atoms with Gasteiger partial charge in [0.05, 0.1) is 11.7 Å². The van der Waals surface area contributed by atoms with E-state index in [0.29, 0.717) is 27.3 Å². The zero-order valence-corrected chi connectivity index (χ0v) is 17.4. The van der Waals surface area contributed by atoms with Crippen molar-refractivity contribution in [3.05, 3.63) is 63.3 Å². The van der Waals surface area contributed by atoms with Crippen LogP contribution in [0.3, 0.4) is 0 Å². The number of benzene rings is 1. The van der Waals surface area contributed by atoms with E-state index in [1.54, 1.807) is 12.1 Å². The van der Waals surface area contributed by atoms with Gasteiger partial charge in [0, 0.05) is 21.4 Å². The van der Waals surface area contributed by atoms with Gasteiger partial charge in [0.25, 0.3) is 17.4 Å². The van der Waals surface area contributed by atoms with E-state index < -0.39 is 11.8 Å². The lowest BCUT2D eigenvalue weighted by molar-refractivity contribution is -0.122. The zero-order chi connectivity index (χ0) is 21.4. The highest BCUT2D eigenvalue weighted by molar-refractivity contribution is 7.18. The van der Waals surface area contributed by atoms with Gasteiger partial charge in [-0.3, -0.25) is 29.8 Å². The summed E-state index contributed by atoms with van der Waals surface area (Å²) in [7, 11) is 0. The third-order valence-corrected chi connectivity index (χ3v) is 6.40. The van der Waals surface area contributed by atoms with Gasteiger partial charge in [-0.25, -0.2) is 4.98 Å². The number of aromatic nitrogens is 2. The molecule has 0 spiro atoms. The summed E-state index contributed by atoms with van der Waals surface area (Å²) in [5.41, 5.74) is 5.43. The fraction of sp³-hybridized carbons (Fsp3) is 0.100. The van der Waals surface area contributed by atoms with Crippen molar-refractivity contribution < 1.29 is 19.1 Å². The van der Waals surface area contributed by atoms with E-state index in [2.05, 4.69) is 15.8 Å². The molecule has 0 saturated heterocycles. The van der Waals surface area contributed by atoms with Crippen LogP contribution in [0, 0.1) is 0 Å². The lowest BCUT2D eigenvalue weighted by Gasteiger charge is -2.09. The van der Waals surface area contributed by atoms with E-state index in [1.807, 2.05) is 22.9 Å². The summed E-state index contributed by atoms with van der Waals surface area (Å²) < 4.78 is 11.7. The van der Waals surface area contributed by atoms with Crippen molar-refractivity contribution >= 4 is 44.7 Å². The Labute approximate surface area is 182 Å². The Bertz CT molecular complexity index is 1360. The molecule has 1 aliphatic heterocycles. The van der Waals surface area contributed by atoms with Gasteiger partial charge in [-0.2, -0.15) is 0 Å². The molecule has 9 nitrogen and oxygen atoms in total. The van der Waals surface area contributed by atoms with Crippen LogP contribution in [-0.2, 0) is 11.3 Å². The molecule has 0 atom stereocenters. The average Bonchev–Trinajstić information content (AvgIpc) is 3.53. The van der Waals surface area contributed by atoms with E-state index in [9.17, 15) is 14.4 Å². The predicted molar refractivity (Wildman–Crippen MR) is 115 cm³/mol. The van der Waals surface area contributed by atoms with Gasteiger partial charge in [0.15, 0.2) is 11.5 Å². The molecular weight excluding hydrogens is 440 g/mol. The minimum Gasteiger partial charge on any atom is -0.454 e. The molecule has 0 bridgehead atoms. The van der Waals surface area contributed by atoms with Crippen LogP contribution >= 0.6 is 22.7 Å². The normalized spacial score (nSPS) is 12.1. The monoisotopic (exact) mass is 454 g/mol. The van der Waals surface area contributed by atoms with Crippen LogP contribution in [0.4, 0.5) is 0 Å². The number of nitrogens with zero attached hydrogens (tertiary/aromatic N) is 2. The molecule has 2 amide bonds. The van der Waals surface area contributed by atoms with Gasteiger partial charge in [-0.1, -0.05) is 6.07 Å². The summed E-state index contributed by atoms with van der Waals surface area (Å²) in [5.74, 6) is -0.0731. The van der Waals surface area contributed by atoms with Crippen LogP contribution in [0.2, 0.25) is 0 Å². The number of hydrogen-bond donors (Lipinski definition) is 2. The molecule has 1 aromatic carbocycles. The fourth-order valence-electron chi connectivity index (χ4n) is 3.12. The average molecular weight is 454 g/mol. The van der Waals surface area contributed by atoms with E-state index in [4.69, 9.17) is 9.47 Å². The van der Waals surface area contributed by atoms with Crippen molar-refractivity contribution in [1.82, 2.24) is 20.4 Å². The summed E-state index contributed by atoms with van der Waals surface area (Å²) in [5, 5.41) is 4.30. The molecule has 0 fully saturated rings. The van der Waals surface area contributed by atoms with Crippen molar-refractivity contribution in [2.45, 2.75) is 6.54 Å². The topological polar surface area (TPSA) is 112 Å². The molecule has 4 heterocycles. The maximum absolute atomic E-state index is 13.0. The zero-order valence-electron chi connectivity index (χ0n) is 15.8. The molecule has 2 N–H and O–H groups in total. The number of ether oxygens (including phenoxy) is 2. The Hall–Kier alpha value is -3.70. The van der Waals surface area contributed by atoms with Crippen molar-refractivity contribution in [3.8, 4) is 21.9 Å². The molecular formula is C20H14N4O5S2. The Kier molecular flexibility index (Phi) is 4.88. The molecule has 5 rings (SSSR count). The number of amides is 2. The molecule has 0 unspecified atom stereocenters. The van der Waals surface area contributed by atoms with Gasteiger partial charge in [-0.05, 0) is 29.6 Å². The number of carbonyl (C=O) groups excluding carboxylic acids is 2. The van der Waals surface area contributed by atoms with E-state index >= 15 is 0 Å². The van der Waals surface area contributed by atoms with Crippen LogP contribution < -0.4 is 25.9 Å². The third kappa shape index (κ3) is 3.64. The van der Waals surface area contributed by atoms with E-state index in [-0.39, 0.29) is 18.9 Å². The maximum atomic E-state index is 13.0. The first-order valence-electron chi connectivity index (χ1n) is 9.09. The second-order valence-electron chi connectivity index (χ2n) is 6.55. The lowest BCUT2D eigenvalue weighted by Crippen LogP contribution is -2.44. The predicted octanol–water partition coefficient (Wildman–Crippen LogP) is 2.38. The minimum absolute atomic E-state index is 0.0998. The van der Waals surface area contributed by atoms with E-state index in [0.717, 1.165) is 10.4 Å². The van der Waals surface area contributed by atoms with Crippen molar-refractivity contribution in [3.63, 3.8) is 0 Å². The van der Waals surface area contributed by atoms with Gasteiger partial charge < -0.3 is 9.47 Å². The lowest BCUT2D eigenvalue weighted by atomic mass is 10.2. The Morgan fingerprint density at radius 2 is 2.00 bits per heavy atom. The quantitative estimate of drug-likeness (QED) is 0.458. The van der Waals surface area contributed by atoms with Gasteiger partial charge in [0.1, 0.15) is 11.4 Å². The Morgan fingerprint density at radius 3 is 2.84 bits per heavy atom. The highest BCUT2D eigenvalue weighted by atomic mass is 32.1. The smallest absolute Gasteiger partial charge is 0.269 e. The Morgan fingerprint density at radius 1 is 1.13 bits per heavy atom. The number of hydrogen-bond acceptors (Lipinski definition) is 8. The van der Waals surface area contributed by atoms with Crippen molar-refractivity contribution in [2.24, 2.45) is 0 Å². The first-order valence-corrected chi connectivity index (χ1v) is 10.9. The summed E-state index contributed by atoms with van der Waals surface area (Å²) in [4.78, 5) is 43.4. The number of thiophene rings is 2. The minimum atomic E-state index is -0.565. The van der Waals surface area contributed by atoms with Crippen LogP contribution in [0.1, 0.15) is 10.4 Å². The fourth-order valence-corrected chi connectivity index (χ4v) is 4.84. The number of hydrazine groups is 1. The molecule has 0 aliphatic carbocycles. The largest absolute Gasteiger partial charge is 0.454 e. The first kappa shape index (κ1) is 19.3. The Balaban J connectivity index is 1.29. The van der Waals surface area contributed by atoms with Gasteiger partial charge in [0.2, 0.25) is 6.79 Å². The second kappa shape index (κ2) is 7.85. The number of rotatable bonds is 4. The van der Waals surface area contributed by atoms with Crippen LogP contribution in [0.5, 0.6) is 11.5 Å². The molecule has 3 aromatic heterocycles. The van der Waals surface area contributed by atoms with Crippen LogP contribution in [0.15, 0.2) is 52.2 Å². The summed E-state index contributed by atoms with van der Waals surface area (Å²) >= 11 is 2.91. The number of carbonyl (C=O) groups is 2. The number of nitrogens with one attached hydrogen (secondary N) is 2. The summed E-state index contributed by atoms with van der Waals surface area (Å²) in [6.07, 6.45) is 1.33. The SMILES string of the molecule is O=C(Cn1cnc2scc(-c3cccs3)c2c1=O)NNC(=O)c1ccc2c(c1)OCO2. The van der Waals surface area contributed by atoms with Crippen molar-refractivity contribution in [1.29, 1.82) is 0 Å². The second-order valence-corrected chi connectivity index (χ2v) is 8.36. The first-order chi connectivity index (χ1) is 15.1. The summed E-state index contributed by atoms with van der Waals surface area (Å²) in [6, 6.07) is 8.54. The molecule has 11 heteroatoms. The highest BCUT2D eigenvalue weighted by Crippen LogP contribution is 2.33. The summed E-state index contributed by atoms with van der Waals surface area (Å²) in [6.45, 7) is -0.189. The molecule has 1 aliphatic rings.